The van der Waals surface area contributed by atoms with Crippen molar-refractivity contribution < 1.29 is 4.79 Å². The first-order valence-corrected chi connectivity index (χ1v) is 1.66. The second-order valence-electron chi connectivity index (χ2n) is 0.893. The predicted molar refractivity (Wildman–Crippen MR) is 25.0 cm³/mol. The van der Waals surface area contributed by atoms with E-state index in [9.17, 15) is 4.79 Å². The van der Waals surface area contributed by atoms with E-state index < -0.39 is 6.04 Å². The van der Waals surface area contributed by atoms with E-state index in [2.05, 4.69) is 11.7 Å². The fourth-order valence-electron chi connectivity index (χ4n) is 0.114. The summed E-state index contributed by atoms with van der Waals surface area (Å²) < 4.78 is 0. The van der Waals surface area contributed by atoms with Crippen LogP contribution in [-0.2, 0) is 4.79 Å². The minimum Gasteiger partial charge on any atom is -0.300 e. The van der Waals surface area contributed by atoms with E-state index in [1.165, 1.54) is 0 Å². The fraction of sp³-hybridized carbons (Fsp3) is 0.250. The lowest BCUT2D eigenvalue weighted by molar-refractivity contribution is -0.107. The number of aldehydes is 1. The number of nitriles is 1. The highest BCUT2D eigenvalue weighted by Crippen LogP contribution is 1.76. The summed E-state index contributed by atoms with van der Waals surface area (Å²) in [6.07, 6.45) is 0.438. The lowest BCUT2D eigenvalue weighted by atomic mass is 10.4. The molecule has 0 fully saturated rings. The van der Waals surface area contributed by atoms with Gasteiger partial charge in [-0.2, -0.15) is 5.26 Å². The Morgan fingerprint density at radius 1 is 2.00 bits per heavy atom. The van der Waals surface area contributed by atoms with E-state index in [0.29, 0.717) is 6.29 Å². The minimum atomic E-state index is -0.875. The van der Waals surface area contributed by atoms with E-state index in [-0.39, 0.29) is 0 Å². The van der Waals surface area contributed by atoms with Gasteiger partial charge < -0.3 is 0 Å². The van der Waals surface area contributed by atoms with Crippen LogP contribution in [0.4, 0.5) is 0 Å². The Morgan fingerprint density at radius 2 is 2.57 bits per heavy atom. The van der Waals surface area contributed by atoms with Crippen molar-refractivity contribution >= 4 is 13.0 Å². The quantitative estimate of drug-likeness (QED) is 0.352. The molecule has 0 saturated carbocycles. The van der Waals surface area contributed by atoms with Crippen molar-refractivity contribution in [2.45, 2.75) is 6.04 Å². The molecule has 0 saturated heterocycles. The Bertz CT molecular complexity index is 105. The van der Waals surface area contributed by atoms with Crippen molar-refractivity contribution in [3.8, 4) is 6.07 Å². The molecule has 0 aliphatic rings. The lowest BCUT2D eigenvalue weighted by Gasteiger charge is -1.81. The van der Waals surface area contributed by atoms with Crippen molar-refractivity contribution in [3.63, 3.8) is 0 Å². The molecule has 0 spiro atoms. The number of aliphatic imine (C=N–C) groups is 1. The third-order valence-electron chi connectivity index (χ3n) is 0.458. The zero-order valence-electron chi connectivity index (χ0n) is 3.66. The van der Waals surface area contributed by atoms with Crippen LogP contribution in [0.15, 0.2) is 4.99 Å². The number of nitrogens with zero attached hydrogens (tertiary/aromatic N) is 2. The van der Waals surface area contributed by atoms with Gasteiger partial charge >= 0.3 is 0 Å². The smallest absolute Gasteiger partial charge is 0.190 e. The molecule has 0 aliphatic carbocycles. The van der Waals surface area contributed by atoms with Gasteiger partial charge in [0.2, 0.25) is 0 Å². The molecule has 0 heterocycles. The number of rotatable bonds is 2. The summed E-state index contributed by atoms with van der Waals surface area (Å²) in [5.74, 6) is 0. The molecule has 3 heteroatoms. The minimum absolute atomic E-state index is 0.438. The van der Waals surface area contributed by atoms with E-state index in [1.54, 1.807) is 6.07 Å². The zero-order valence-corrected chi connectivity index (χ0v) is 3.66. The molecule has 0 aromatic heterocycles. The first kappa shape index (κ1) is 5.83. The monoisotopic (exact) mass is 96.0 g/mol. The summed E-state index contributed by atoms with van der Waals surface area (Å²) in [4.78, 5) is 12.8. The molecule has 0 rings (SSSR count). The molecule has 0 aromatic rings. The highest BCUT2D eigenvalue weighted by Gasteiger charge is 1.94. The standard InChI is InChI=1S/C4H4N2O/c1-6-4(2-5)3-7/h3-4H,1H2. The molecular weight excluding hydrogens is 92.1 g/mol. The average molecular weight is 96.1 g/mol. The second kappa shape index (κ2) is 3.04. The Balaban J connectivity index is 3.65. The van der Waals surface area contributed by atoms with Crippen molar-refractivity contribution in [3.05, 3.63) is 0 Å². The zero-order chi connectivity index (χ0) is 5.70. The van der Waals surface area contributed by atoms with Crippen LogP contribution in [0.3, 0.4) is 0 Å². The summed E-state index contributed by atoms with van der Waals surface area (Å²) in [5, 5.41) is 7.91. The van der Waals surface area contributed by atoms with Crippen LogP contribution in [0.2, 0.25) is 0 Å². The number of carbonyl (C=O) groups excluding carboxylic acids is 1. The first-order chi connectivity index (χ1) is 3.35. The van der Waals surface area contributed by atoms with Crippen molar-refractivity contribution in [1.29, 1.82) is 5.26 Å². The molecule has 1 atom stereocenters. The molecule has 0 aromatic carbocycles. The second-order valence-corrected chi connectivity index (χ2v) is 0.893. The Labute approximate surface area is 41.3 Å². The third-order valence-corrected chi connectivity index (χ3v) is 0.458. The summed E-state index contributed by atoms with van der Waals surface area (Å²) in [7, 11) is 0. The SMILES string of the molecule is C=NC(C#N)C=O. The van der Waals surface area contributed by atoms with Gasteiger partial charge in [0.1, 0.15) is 0 Å². The van der Waals surface area contributed by atoms with Crippen LogP contribution >= 0.6 is 0 Å². The van der Waals surface area contributed by atoms with Crippen LogP contribution in [0.1, 0.15) is 0 Å². The largest absolute Gasteiger partial charge is 0.300 e. The Morgan fingerprint density at radius 3 is 2.57 bits per heavy atom. The summed E-state index contributed by atoms with van der Waals surface area (Å²) in [5.41, 5.74) is 0. The first-order valence-electron chi connectivity index (χ1n) is 1.66. The van der Waals surface area contributed by atoms with Crippen molar-refractivity contribution in [1.82, 2.24) is 0 Å². The highest BCUT2D eigenvalue weighted by molar-refractivity contribution is 5.63. The van der Waals surface area contributed by atoms with Gasteiger partial charge in [-0.05, 0) is 6.72 Å². The normalized spacial score (nSPS) is 11.3. The average Bonchev–Trinajstić information content (AvgIpc) is 1.72. The molecule has 1 unspecified atom stereocenters. The number of hydrogen-bond acceptors (Lipinski definition) is 3. The van der Waals surface area contributed by atoms with Gasteiger partial charge in [0, 0.05) is 0 Å². The van der Waals surface area contributed by atoms with E-state index >= 15 is 0 Å². The molecular formula is C4H4N2O. The molecule has 7 heavy (non-hydrogen) atoms. The maximum Gasteiger partial charge on any atom is 0.190 e. The Kier molecular flexibility index (Phi) is 2.53. The fourth-order valence-corrected chi connectivity index (χ4v) is 0.114. The highest BCUT2D eigenvalue weighted by atomic mass is 16.1. The van der Waals surface area contributed by atoms with Gasteiger partial charge in [0.15, 0.2) is 12.3 Å². The molecule has 3 nitrogen and oxygen atoms in total. The number of carbonyl (C=O) groups is 1. The van der Waals surface area contributed by atoms with Crippen molar-refractivity contribution in [2.75, 3.05) is 0 Å². The third kappa shape index (κ3) is 1.66. The molecule has 36 valence electrons. The van der Waals surface area contributed by atoms with Crippen LogP contribution in [0.5, 0.6) is 0 Å². The van der Waals surface area contributed by atoms with E-state index in [4.69, 9.17) is 5.26 Å². The molecule has 0 N–H and O–H groups in total. The lowest BCUT2D eigenvalue weighted by Crippen LogP contribution is -1.98. The van der Waals surface area contributed by atoms with E-state index in [1.807, 2.05) is 0 Å². The van der Waals surface area contributed by atoms with Crippen LogP contribution in [0, 0.1) is 11.3 Å². The van der Waals surface area contributed by atoms with Gasteiger partial charge in [0.05, 0.1) is 6.07 Å². The van der Waals surface area contributed by atoms with Crippen LogP contribution in [0.25, 0.3) is 0 Å². The van der Waals surface area contributed by atoms with Gasteiger partial charge in [-0.1, -0.05) is 0 Å². The molecule has 0 radical (unpaired) electrons. The van der Waals surface area contributed by atoms with Crippen LogP contribution in [-0.4, -0.2) is 19.0 Å². The van der Waals surface area contributed by atoms with Gasteiger partial charge in [-0.15, -0.1) is 0 Å². The predicted octanol–water partition coefficient (Wildman–Crippen LogP) is -0.222. The summed E-state index contributed by atoms with van der Waals surface area (Å²) in [6.45, 7) is 3.00. The van der Waals surface area contributed by atoms with Gasteiger partial charge in [-0.25, -0.2) is 0 Å². The molecule has 0 bridgehead atoms. The molecule has 0 amide bonds. The topological polar surface area (TPSA) is 53.2 Å². The maximum atomic E-state index is 9.61. The number of hydrogen-bond donors (Lipinski definition) is 0. The van der Waals surface area contributed by atoms with Crippen molar-refractivity contribution in [2.24, 2.45) is 4.99 Å². The molecule has 0 aliphatic heterocycles. The summed E-state index contributed by atoms with van der Waals surface area (Å²) in [6, 6.07) is 0.729. The van der Waals surface area contributed by atoms with E-state index in [0.717, 1.165) is 0 Å². The van der Waals surface area contributed by atoms with Crippen LogP contribution < -0.4 is 0 Å². The summed E-state index contributed by atoms with van der Waals surface area (Å²) >= 11 is 0. The Hall–Kier alpha value is -1.17. The van der Waals surface area contributed by atoms with Gasteiger partial charge in [0.25, 0.3) is 0 Å². The maximum absolute atomic E-state index is 9.61. The van der Waals surface area contributed by atoms with Gasteiger partial charge in [-0.3, -0.25) is 9.79 Å².